The van der Waals surface area contributed by atoms with E-state index in [0.717, 1.165) is 27.8 Å². The van der Waals surface area contributed by atoms with Gasteiger partial charge in [-0.2, -0.15) is 0 Å². The lowest BCUT2D eigenvalue weighted by Crippen LogP contribution is -2.30. The molecule has 0 saturated heterocycles. The van der Waals surface area contributed by atoms with Crippen LogP contribution in [0.2, 0.25) is 0 Å². The zero-order chi connectivity index (χ0) is 18.7. The fourth-order valence-corrected chi connectivity index (χ4v) is 2.90. The third kappa shape index (κ3) is 3.85. The van der Waals surface area contributed by atoms with Gasteiger partial charge in [-0.25, -0.2) is 0 Å². The molecule has 2 aromatic carbocycles. The Bertz CT molecular complexity index is 929. The molecule has 1 atom stereocenters. The smallest absolute Gasteiger partial charge is 0.265 e. The van der Waals surface area contributed by atoms with Gasteiger partial charge in [0, 0.05) is 11.6 Å². The largest absolute Gasteiger partial charge is 0.481 e. The van der Waals surface area contributed by atoms with Crippen LogP contribution in [0.4, 0.5) is 5.69 Å². The highest BCUT2D eigenvalue weighted by molar-refractivity contribution is 6.01. The van der Waals surface area contributed by atoms with Crippen molar-refractivity contribution in [2.24, 2.45) is 0 Å². The summed E-state index contributed by atoms with van der Waals surface area (Å²) in [5.74, 6) is 0.890. The van der Waals surface area contributed by atoms with Gasteiger partial charge in [0.05, 0.1) is 11.2 Å². The van der Waals surface area contributed by atoms with E-state index in [9.17, 15) is 4.79 Å². The normalized spacial score (nSPS) is 12.2. The molecule has 26 heavy (non-hydrogen) atoms. The standard InChI is InChI=1S/C22H24N2O2/c1-14(2)18-11-10-15(3)13-20(18)26-16(4)22(25)24-19-9-5-7-17-8-6-12-23-21(17)19/h5-14,16H,1-4H3,(H,24,25)/t16-/m0/s1. The van der Waals surface area contributed by atoms with Crippen molar-refractivity contribution in [1.82, 2.24) is 4.98 Å². The molecular formula is C22H24N2O2. The topological polar surface area (TPSA) is 51.2 Å². The van der Waals surface area contributed by atoms with E-state index in [0.29, 0.717) is 11.6 Å². The van der Waals surface area contributed by atoms with Crippen LogP contribution in [0.5, 0.6) is 5.75 Å². The number of carbonyl (C=O) groups is 1. The van der Waals surface area contributed by atoms with Gasteiger partial charge >= 0.3 is 0 Å². The summed E-state index contributed by atoms with van der Waals surface area (Å²) in [5, 5.41) is 3.93. The number of nitrogens with zero attached hydrogens (tertiary/aromatic N) is 1. The number of amides is 1. The van der Waals surface area contributed by atoms with Crippen molar-refractivity contribution in [2.75, 3.05) is 5.32 Å². The number of nitrogens with one attached hydrogen (secondary N) is 1. The molecular weight excluding hydrogens is 324 g/mol. The molecule has 4 nitrogen and oxygen atoms in total. The van der Waals surface area contributed by atoms with E-state index in [1.165, 1.54) is 0 Å². The Morgan fingerprint density at radius 1 is 1.08 bits per heavy atom. The molecule has 4 heteroatoms. The number of aryl methyl sites for hydroxylation is 1. The molecule has 0 fully saturated rings. The summed E-state index contributed by atoms with van der Waals surface area (Å²) >= 11 is 0. The van der Waals surface area contributed by atoms with Gasteiger partial charge in [0.25, 0.3) is 5.91 Å². The van der Waals surface area contributed by atoms with E-state index >= 15 is 0 Å². The van der Waals surface area contributed by atoms with E-state index in [1.807, 2.05) is 43.3 Å². The second-order valence-electron chi connectivity index (χ2n) is 6.83. The van der Waals surface area contributed by atoms with Gasteiger partial charge in [0.15, 0.2) is 6.10 Å². The van der Waals surface area contributed by atoms with Crippen molar-refractivity contribution in [3.63, 3.8) is 0 Å². The lowest BCUT2D eigenvalue weighted by atomic mass is 10.0. The first-order valence-corrected chi connectivity index (χ1v) is 8.87. The number of hydrogen-bond acceptors (Lipinski definition) is 3. The lowest BCUT2D eigenvalue weighted by molar-refractivity contribution is -0.122. The van der Waals surface area contributed by atoms with Crippen molar-refractivity contribution in [2.45, 2.75) is 39.7 Å². The van der Waals surface area contributed by atoms with Crippen LogP contribution < -0.4 is 10.1 Å². The zero-order valence-electron chi connectivity index (χ0n) is 15.6. The summed E-state index contributed by atoms with van der Waals surface area (Å²) in [4.78, 5) is 17.0. The summed E-state index contributed by atoms with van der Waals surface area (Å²) in [6, 6.07) is 15.7. The molecule has 0 aliphatic rings. The number of anilines is 1. The highest BCUT2D eigenvalue weighted by atomic mass is 16.5. The summed E-state index contributed by atoms with van der Waals surface area (Å²) in [6.45, 7) is 8.01. The van der Waals surface area contributed by atoms with Crippen LogP contribution in [-0.2, 0) is 4.79 Å². The van der Waals surface area contributed by atoms with E-state index in [-0.39, 0.29) is 5.91 Å². The second kappa shape index (κ2) is 7.56. The number of aromatic nitrogens is 1. The number of pyridine rings is 1. The molecule has 1 N–H and O–H groups in total. The second-order valence-corrected chi connectivity index (χ2v) is 6.83. The molecule has 0 spiro atoms. The van der Waals surface area contributed by atoms with Crippen LogP contribution in [0.3, 0.4) is 0 Å². The average molecular weight is 348 g/mol. The molecule has 0 bridgehead atoms. The number of ether oxygens (including phenoxy) is 1. The fourth-order valence-electron chi connectivity index (χ4n) is 2.90. The van der Waals surface area contributed by atoms with Crippen LogP contribution >= 0.6 is 0 Å². The van der Waals surface area contributed by atoms with Crippen LogP contribution in [-0.4, -0.2) is 17.0 Å². The Balaban J connectivity index is 1.79. The van der Waals surface area contributed by atoms with Crippen molar-refractivity contribution < 1.29 is 9.53 Å². The summed E-state index contributed by atoms with van der Waals surface area (Å²) in [6.07, 6.45) is 1.10. The van der Waals surface area contributed by atoms with Gasteiger partial charge in [-0.05, 0) is 49.1 Å². The summed E-state index contributed by atoms with van der Waals surface area (Å²) < 4.78 is 6.00. The first-order chi connectivity index (χ1) is 12.5. The first kappa shape index (κ1) is 17.9. The Kier molecular flexibility index (Phi) is 5.21. The molecule has 0 saturated carbocycles. The number of hydrogen-bond donors (Lipinski definition) is 1. The number of benzene rings is 2. The van der Waals surface area contributed by atoms with Crippen molar-refractivity contribution in [3.8, 4) is 5.75 Å². The van der Waals surface area contributed by atoms with Gasteiger partial charge in [-0.1, -0.05) is 44.2 Å². The van der Waals surface area contributed by atoms with Crippen molar-refractivity contribution in [1.29, 1.82) is 0 Å². The van der Waals surface area contributed by atoms with E-state index < -0.39 is 6.10 Å². The van der Waals surface area contributed by atoms with E-state index in [1.54, 1.807) is 13.1 Å². The summed E-state index contributed by atoms with van der Waals surface area (Å²) in [7, 11) is 0. The van der Waals surface area contributed by atoms with Gasteiger partial charge < -0.3 is 10.1 Å². The molecule has 0 aliphatic carbocycles. The minimum atomic E-state index is -0.617. The quantitative estimate of drug-likeness (QED) is 0.700. The Hall–Kier alpha value is -2.88. The minimum Gasteiger partial charge on any atom is -0.481 e. The Morgan fingerprint density at radius 2 is 1.85 bits per heavy atom. The molecule has 1 amide bonds. The van der Waals surface area contributed by atoms with Gasteiger partial charge in [-0.15, -0.1) is 0 Å². The molecule has 3 rings (SSSR count). The maximum atomic E-state index is 12.7. The Morgan fingerprint density at radius 3 is 2.62 bits per heavy atom. The fraction of sp³-hybridized carbons (Fsp3) is 0.273. The van der Waals surface area contributed by atoms with E-state index in [2.05, 4.69) is 36.3 Å². The lowest BCUT2D eigenvalue weighted by Gasteiger charge is -2.19. The predicted octanol–water partition coefficient (Wildman–Crippen LogP) is 5.07. The molecule has 0 aliphatic heterocycles. The Labute approximate surface area is 154 Å². The highest BCUT2D eigenvalue weighted by Crippen LogP contribution is 2.28. The van der Waals surface area contributed by atoms with E-state index in [4.69, 9.17) is 4.74 Å². The predicted molar refractivity (Wildman–Crippen MR) is 106 cm³/mol. The minimum absolute atomic E-state index is 0.195. The van der Waals surface area contributed by atoms with Crippen LogP contribution in [0, 0.1) is 6.92 Å². The van der Waals surface area contributed by atoms with Crippen LogP contribution in [0.1, 0.15) is 37.8 Å². The first-order valence-electron chi connectivity index (χ1n) is 8.87. The number of para-hydroxylation sites is 1. The molecule has 0 radical (unpaired) electrons. The third-order valence-electron chi connectivity index (χ3n) is 4.35. The van der Waals surface area contributed by atoms with Crippen molar-refractivity contribution >= 4 is 22.5 Å². The maximum Gasteiger partial charge on any atom is 0.265 e. The SMILES string of the molecule is Cc1ccc(C(C)C)c(O[C@@H](C)C(=O)Nc2cccc3cccnc23)c1. The monoisotopic (exact) mass is 348 g/mol. The van der Waals surface area contributed by atoms with Gasteiger partial charge in [0.1, 0.15) is 5.75 Å². The van der Waals surface area contributed by atoms with Crippen LogP contribution in [0.15, 0.2) is 54.7 Å². The number of fused-ring (bicyclic) bond motifs is 1. The zero-order valence-corrected chi connectivity index (χ0v) is 15.6. The average Bonchev–Trinajstić information content (AvgIpc) is 2.61. The van der Waals surface area contributed by atoms with Crippen molar-refractivity contribution in [3.05, 3.63) is 65.9 Å². The van der Waals surface area contributed by atoms with Gasteiger partial charge in [-0.3, -0.25) is 9.78 Å². The van der Waals surface area contributed by atoms with Gasteiger partial charge in [0.2, 0.25) is 0 Å². The molecule has 3 aromatic rings. The number of carbonyl (C=O) groups excluding carboxylic acids is 1. The van der Waals surface area contributed by atoms with Crippen LogP contribution in [0.25, 0.3) is 10.9 Å². The summed E-state index contributed by atoms with van der Waals surface area (Å²) in [5.41, 5.74) is 3.67. The maximum absolute atomic E-state index is 12.7. The molecule has 0 unspecified atom stereocenters. The molecule has 134 valence electrons. The molecule has 1 aromatic heterocycles. The molecule has 1 heterocycles. The third-order valence-corrected chi connectivity index (χ3v) is 4.35. The number of rotatable bonds is 5. The highest BCUT2D eigenvalue weighted by Gasteiger charge is 2.18.